The maximum atomic E-state index is 13.9. The molecule has 0 spiro atoms. The molecule has 1 unspecified atom stereocenters. The van der Waals surface area contributed by atoms with E-state index in [1.165, 1.54) is 6.92 Å². The number of pyridine rings is 1. The molecule has 2 amide bonds. The third-order valence-corrected chi connectivity index (χ3v) is 7.33. The molecular weight excluding hydrogens is 476 g/mol. The summed E-state index contributed by atoms with van der Waals surface area (Å²) in [6.07, 6.45) is 0.943. The molecule has 0 bridgehead atoms. The van der Waals surface area contributed by atoms with Gasteiger partial charge in [-0.1, -0.05) is 13.8 Å². The van der Waals surface area contributed by atoms with E-state index in [1.54, 1.807) is 18.9 Å². The van der Waals surface area contributed by atoms with Crippen molar-refractivity contribution in [1.82, 2.24) is 15.2 Å². The van der Waals surface area contributed by atoms with Crippen molar-refractivity contribution < 1.29 is 29.0 Å². The fourth-order valence-electron chi connectivity index (χ4n) is 5.40. The van der Waals surface area contributed by atoms with E-state index < -0.39 is 23.5 Å². The van der Waals surface area contributed by atoms with Crippen LogP contribution in [0.25, 0.3) is 10.9 Å². The van der Waals surface area contributed by atoms with Crippen molar-refractivity contribution in [1.29, 1.82) is 0 Å². The van der Waals surface area contributed by atoms with Crippen molar-refractivity contribution in [3.8, 4) is 5.75 Å². The molecule has 198 valence electrons. The number of nitrogens with one attached hydrogen (secondary N) is 1. The summed E-state index contributed by atoms with van der Waals surface area (Å²) in [7, 11) is 1.61. The van der Waals surface area contributed by atoms with Gasteiger partial charge in [0.15, 0.2) is 5.60 Å². The van der Waals surface area contributed by atoms with Crippen molar-refractivity contribution in [3.05, 3.63) is 46.2 Å². The molecule has 2 aromatic rings. The molecule has 10 nitrogen and oxygen atoms in total. The number of fused-ring (bicyclic) bond motifs is 4. The van der Waals surface area contributed by atoms with Gasteiger partial charge in [-0.25, -0.2) is 0 Å². The summed E-state index contributed by atoms with van der Waals surface area (Å²) >= 11 is 0. The molecule has 2 atom stereocenters. The average Bonchev–Trinajstić information content (AvgIpc) is 3.27. The number of amides is 2. The predicted molar refractivity (Wildman–Crippen MR) is 137 cm³/mol. The minimum atomic E-state index is -1.97. The number of nitrogens with two attached hydrogens (primary N) is 1. The summed E-state index contributed by atoms with van der Waals surface area (Å²) < 4.78 is 10.6. The first kappa shape index (κ1) is 26.6. The molecule has 4 rings (SSSR count). The minimum absolute atomic E-state index is 0.0281. The Balaban J connectivity index is 1.85. The number of esters is 1. The third kappa shape index (κ3) is 4.55. The second-order valence-electron chi connectivity index (χ2n) is 9.34. The number of aryl methyl sites for hydroxylation is 1. The normalized spacial score (nSPS) is 18.4. The van der Waals surface area contributed by atoms with E-state index in [9.17, 15) is 19.5 Å². The van der Waals surface area contributed by atoms with Crippen LogP contribution in [0.3, 0.4) is 0 Å². The highest BCUT2D eigenvalue weighted by Crippen LogP contribution is 2.47. The van der Waals surface area contributed by atoms with E-state index in [1.807, 2.05) is 18.2 Å². The lowest BCUT2D eigenvalue weighted by Gasteiger charge is -2.38. The van der Waals surface area contributed by atoms with Crippen LogP contribution in [0.1, 0.15) is 56.5 Å². The van der Waals surface area contributed by atoms with Crippen LogP contribution in [-0.2, 0) is 32.1 Å². The molecule has 2 aliphatic rings. The Hall–Kier alpha value is -3.50. The van der Waals surface area contributed by atoms with Gasteiger partial charge >= 0.3 is 5.97 Å². The van der Waals surface area contributed by atoms with Crippen LogP contribution in [0.15, 0.2) is 29.3 Å². The van der Waals surface area contributed by atoms with Crippen LogP contribution in [0.5, 0.6) is 5.75 Å². The largest absolute Gasteiger partial charge is 0.497 e. The summed E-state index contributed by atoms with van der Waals surface area (Å²) in [6, 6.07) is 5.23. The van der Waals surface area contributed by atoms with Gasteiger partial charge < -0.3 is 30.5 Å². The van der Waals surface area contributed by atoms with Gasteiger partial charge in [0.25, 0.3) is 11.8 Å². The molecule has 2 aliphatic heterocycles. The summed E-state index contributed by atoms with van der Waals surface area (Å²) in [6.45, 7) is 5.37. The van der Waals surface area contributed by atoms with Crippen LogP contribution in [-0.4, -0.2) is 65.2 Å². The standard InChI is InChI=1S/C27H34N4O6/c1-5-17-18-11-16(36-4)7-8-22(18)30-24-19(17)13-31-23(24)12-21(20(25(31)33)14-37-15(3)32)27(35,6-2)26(34)29-10-9-28/h7-8,11,23,35H,5-6,9-10,12-14,28H2,1-4H3,(H,29,34)/t23?,27-/m0/s1. The number of hydrogen-bond acceptors (Lipinski definition) is 8. The van der Waals surface area contributed by atoms with Crippen molar-refractivity contribution in [2.24, 2.45) is 5.73 Å². The lowest BCUT2D eigenvalue weighted by Crippen LogP contribution is -2.52. The van der Waals surface area contributed by atoms with Gasteiger partial charge in [-0.3, -0.25) is 19.4 Å². The monoisotopic (exact) mass is 510 g/mol. The number of ether oxygens (including phenoxy) is 2. The number of nitrogens with zero attached hydrogens (tertiary/aromatic N) is 2. The Labute approximate surface area is 215 Å². The molecule has 0 aliphatic carbocycles. The molecule has 4 N–H and O–H groups in total. The molecule has 0 fully saturated rings. The molecule has 0 radical (unpaired) electrons. The first-order valence-corrected chi connectivity index (χ1v) is 12.6. The molecule has 37 heavy (non-hydrogen) atoms. The van der Waals surface area contributed by atoms with Gasteiger partial charge in [-0.15, -0.1) is 0 Å². The van der Waals surface area contributed by atoms with Gasteiger partial charge in [0.1, 0.15) is 12.4 Å². The second-order valence-corrected chi connectivity index (χ2v) is 9.34. The number of aliphatic hydroxyl groups is 1. The molecular formula is C27H34N4O6. The average molecular weight is 511 g/mol. The van der Waals surface area contributed by atoms with Crippen LogP contribution >= 0.6 is 0 Å². The number of rotatable bonds is 9. The summed E-state index contributed by atoms with van der Waals surface area (Å²) in [5.74, 6) is -0.857. The molecule has 0 saturated heterocycles. The molecule has 10 heteroatoms. The van der Waals surface area contributed by atoms with Gasteiger partial charge in [0.2, 0.25) is 0 Å². The zero-order valence-electron chi connectivity index (χ0n) is 21.7. The maximum Gasteiger partial charge on any atom is 0.302 e. The van der Waals surface area contributed by atoms with Crippen molar-refractivity contribution in [3.63, 3.8) is 0 Å². The van der Waals surface area contributed by atoms with E-state index in [0.717, 1.165) is 39.9 Å². The first-order valence-electron chi connectivity index (χ1n) is 12.6. The SMILES string of the molecule is CCc1c2c(nc3ccc(OC)cc13)C1CC([C@@](O)(CC)C(=O)NCCN)=C(COC(C)=O)C(=O)N1C2. The van der Waals surface area contributed by atoms with Crippen LogP contribution < -0.4 is 15.8 Å². The highest BCUT2D eigenvalue weighted by atomic mass is 16.5. The third-order valence-electron chi connectivity index (χ3n) is 7.33. The zero-order chi connectivity index (χ0) is 26.9. The van der Waals surface area contributed by atoms with Crippen LogP contribution in [0.2, 0.25) is 0 Å². The Bertz CT molecular complexity index is 1290. The van der Waals surface area contributed by atoms with Gasteiger partial charge in [0.05, 0.1) is 29.9 Å². The number of benzene rings is 1. The summed E-state index contributed by atoms with van der Waals surface area (Å²) in [5.41, 5.74) is 7.53. The quantitative estimate of drug-likeness (QED) is 0.432. The van der Waals surface area contributed by atoms with Crippen LogP contribution in [0.4, 0.5) is 0 Å². The Morgan fingerprint density at radius 1 is 1.32 bits per heavy atom. The Kier molecular flexibility index (Phi) is 7.52. The number of carbonyl (C=O) groups is 3. The highest BCUT2D eigenvalue weighted by Gasteiger charge is 2.49. The van der Waals surface area contributed by atoms with Crippen LogP contribution in [0, 0.1) is 0 Å². The maximum absolute atomic E-state index is 13.9. The van der Waals surface area contributed by atoms with Crippen molar-refractivity contribution in [2.75, 3.05) is 26.8 Å². The number of carbonyl (C=O) groups excluding carboxylic acids is 3. The smallest absolute Gasteiger partial charge is 0.302 e. The fourth-order valence-corrected chi connectivity index (χ4v) is 5.40. The van der Waals surface area contributed by atoms with E-state index >= 15 is 0 Å². The summed E-state index contributed by atoms with van der Waals surface area (Å²) in [4.78, 5) is 45.2. The van der Waals surface area contributed by atoms with E-state index in [0.29, 0.717) is 6.54 Å². The van der Waals surface area contributed by atoms with Crippen molar-refractivity contribution >= 4 is 28.7 Å². The number of aromatic nitrogens is 1. The van der Waals surface area contributed by atoms with Gasteiger partial charge in [-0.2, -0.15) is 0 Å². The summed E-state index contributed by atoms with van der Waals surface area (Å²) in [5, 5.41) is 15.2. The lowest BCUT2D eigenvalue weighted by atomic mass is 9.79. The number of methoxy groups -OCH3 is 1. The van der Waals surface area contributed by atoms with E-state index in [-0.39, 0.29) is 49.6 Å². The lowest BCUT2D eigenvalue weighted by molar-refractivity contribution is -0.141. The van der Waals surface area contributed by atoms with Gasteiger partial charge in [0, 0.05) is 31.9 Å². The second kappa shape index (κ2) is 10.5. The van der Waals surface area contributed by atoms with E-state index in [4.69, 9.17) is 20.2 Å². The highest BCUT2D eigenvalue weighted by molar-refractivity contribution is 6.00. The molecule has 1 aromatic heterocycles. The Morgan fingerprint density at radius 2 is 2.08 bits per heavy atom. The minimum Gasteiger partial charge on any atom is -0.497 e. The first-order chi connectivity index (χ1) is 17.7. The fraction of sp³-hybridized carbons (Fsp3) is 0.481. The molecule has 1 aromatic carbocycles. The van der Waals surface area contributed by atoms with Crippen molar-refractivity contribution in [2.45, 2.75) is 58.2 Å². The number of hydrogen-bond donors (Lipinski definition) is 3. The Morgan fingerprint density at radius 3 is 2.70 bits per heavy atom. The zero-order valence-corrected chi connectivity index (χ0v) is 21.7. The van der Waals surface area contributed by atoms with Gasteiger partial charge in [-0.05, 0) is 54.2 Å². The topological polar surface area (TPSA) is 144 Å². The molecule has 3 heterocycles. The predicted octanol–water partition coefficient (Wildman–Crippen LogP) is 1.67. The van der Waals surface area contributed by atoms with E-state index in [2.05, 4.69) is 12.2 Å². The molecule has 0 saturated carbocycles.